The minimum Gasteiger partial charge on any atom is -0.457 e. The first kappa shape index (κ1) is 28.9. The van der Waals surface area contributed by atoms with E-state index in [0.717, 1.165) is 67.6 Å². The molecular formula is C47H29N3O2. The summed E-state index contributed by atoms with van der Waals surface area (Å²) in [7, 11) is 0. The maximum absolute atomic E-state index is 6.89. The van der Waals surface area contributed by atoms with Crippen molar-refractivity contribution in [2.75, 3.05) is 0 Å². The van der Waals surface area contributed by atoms with Gasteiger partial charge < -0.3 is 9.47 Å². The van der Waals surface area contributed by atoms with Crippen molar-refractivity contribution < 1.29 is 9.47 Å². The molecule has 0 radical (unpaired) electrons. The number of hydrogen-bond acceptors (Lipinski definition) is 5. The number of fused-ring (bicyclic) bond motifs is 11. The van der Waals surface area contributed by atoms with E-state index >= 15 is 0 Å². The van der Waals surface area contributed by atoms with Gasteiger partial charge in [0, 0.05) is 70.3 Å². The molecule has 1 spiro atoms. The van der Waals surface area contributed by atoms with Crippen LogP contribution in [0.15, 0.2) is 171 Å². The molecule has 5 heteroatoms. The minimum absolute atomic E-state index is 0.0740. The highest BCUT2D eigenvalue weighted by Crippen LogP contribution is 2.62. The molecule has 2 unspecified atom stereocenters. The van der Waals surface area contributed by atoms with Gasteiger partial charge in [-0.25, -0.2) is 0 Å². The molecule has 0 bridgehead atoms. The molecule has 2 atom stereocenters. The number of aromatic nitrogens is 3. The molecule has 0 N–H and O–H groups in total. The van der Waals surface area contributed by atoms with E-state index in [2.05, 4.69) is 130 Å². The Hall–Kier alpha value is -6.85. The highest BCUT2D eigenvalue weighted by Gasteiger charge is 2.50. The Morgan fingerprint density at radius 1 is 0.442 bits per heavy atom. The van der Waals surface area contributed by atoms with Gasteiger partial charge in [-0.05, 0) is 88.0 Å². The van der Waals surface area contributed by atoms with Crippen LogP contribution in [0.4, 0.5) is 0 Å². The molecule has 3 aromatic heterocycles. The topological polar surface area (TPSA) is 57.1 Å². The van der Waals surface area contributed by atoms with E-state index in [1.54, 1.807) is 6.20 Å². The van der Waals surface area contributed by atoms with Crippen LogP contribution in [0, 0.1) is 0 Å². The molecule has 5 nitrogen and oxygen atoms in total. The van der Waals surface area contributed by atoms with Crippen LogP contribution in [0.1, 0.15) is 44.9 Å². The summed E-state index contributed by atoms with van der Waals surface area (Å²) in [6.45, 7) is 0. The van der Waals surface area contributed by atoms with Crippen LogP contribution in [0.5, 0.6) is 23.0 Å². The molecule has 3 aliphatic rings. The zero-order valence-corrected chi connectivity index (χ0v) is 27.9. The Labute approximate surface area is 300 Å². The van der Waals surface area contributed by atoms with Crippen molar-refractivity contribution in [3.05, 3.63) is 209 Å². The lowest BCUT2D eigenvalue weighted by molar-refractivity contribution is 0.399. The monoisotopic (exact) mass is 667 g/mol. The standard InChI is InChI=1S/C47H29N3O2/c1-2-10-34-33(9-1)36-28-49-22-20-35(36)46(34)31-16-18-40-45(26-31)52-43-14-6-4-12-38(43)47(40)37-11-3-5-13-42(37)51-44-25-29(15-17-39(44)47)30-19-23-50-41(24-30)32-8-7-21-48-27-32/h1-28,46H. The SMILES string of the molecule is c1cncc(-c2cc(-c3ccc4c(c3)Oc3ccccc3C43c4ccccc4Oc4cc(C5c6ccccc6-c6cnccc65)ccc43)ccn2)c1. The zero-order valence-electron chi connectivity index (χ0n) is 27.9. The fourth-order valence-electron chi connectivity index (χ4n) is 8.73. The van der Waals surface area contributed by atoms with Crippen molar-refractivity contribution >= 4 is 0 Å². The van der Waals surface area contributed by atoms with Gasteiger partial charge in [0.15, 0.2) is 0 Å². The number of pyridine rings is 3. The van der Waals surface area contributed by atoms with E-state index in [1.165, 1.54) is 27.8 Å². The molecule has 0 amide bonds. The van der Waals surface area contributed by atoms with Crippen LogP contribution in [0.2, 0.25) is 0 Å². The Balaban J connectivity index is 1.12. The summed E-state index contributed by atoms with van der Waals surface area (Å²) in [5.74, 6) is 3.40. The van der Waals surface area contributed by atoms with Crippen LogP contribution >= 0.6 is 0 Å². The molecule has 0 saturated heterocycles. The molecular weight excluding hydrogens is 639 g/mol. The molecule has 5 aromatic carbocycles. The van der Waals surface area contributed by atoms with Gasteiger partial charge in [-0.3, -0.25) is 15.0 Å². The second kappa shape index (κ2) is 11.1. The number of hydrogen-bond donors (Lipinski definition) is 0. The first-order chi connectivity index (χ1) is 25.8. The van der Waals surface area contributed by atoms with Gasteiger partial charge in [0.2, 0.25) is 0 Å². The molecule has 244 valence electrons. The average molecular weight is 668 g/mol. The molecule has 0 saturated carbocycles. The van der Waals surface area contributed by atoms with Gasteiger partial charge in [-0.15, -0.1) is 0 Å². The average Bonchev–Trinajstić information content (AvgIpc) is 3.55. The summed E-state index contributed by atoms with van der Waals surface area (Å²) in [6, 6.07) is 49.2. The van der Waals surface area contributed by atoms with Crippen molar-refractivity contribution in [2.45, 2.75) is 11.3 Å². The van der Waals surface area contributed by atoms with Gasteiger partial charge in [-0.2, -0.15) is 0 Å². The number of rotatable bonds is 3. The van der Waals surface area contributed by atoms with Crippen LogP contribution < -0.4 is 9.47 Å². The predicted octanol–water partition coefficient (Wildman–Crippen LogP) is 11.0. The Bertz CT molecular complexity index is 2670. The molecule has 52 heavy (non-hydrogen) atoms. The van der Waals surface area contributed by atoms with E-state index in [0.29, 0.717) is 0 Å². The lowest BCUT2D eigenvalue weighted by Gasteiger charge is -2.45. The van der Waals surface area contributed by atoms with Gasteiger partial charge in [0.1, 0.15) is 23.0 Å². The maximum atomic E-state index is 6.89. The largest absolute Gasteiger partial charge is 0.457 e. The molecule has 11 rings (SSSR count). The van der Waals surface area contributed by atoms with E-state index < -0.39 is 5.41 Å². The summed E-state index contributed by atoms with van der Waals surface area (Å²) >= 11 is 0. The fourth-order valence-corrected chi connectivity index (χ4v) is 8.73. The lowest BCUT2D eigenvalue weighted by atomic mass is 9.62. The third-order valence-corrected chi connectivity index (χ3v) is 10.9. The van der Waals surface area contributed by atoms with Crippen molar-refractivity contribution in [3.63, 3.8) is 0 Å². The van der Waals surface area contributed by atoms with Crippen LogP contribution in [0.3, 0.4) is 0 Å². The van der Waals surface area contributed by atoms with Crippen molar-refractivity contribution in [2.24, 2.45) is 0 Å². The lowest BCUT2D eigenvalue weighted by Crippen LogP contribution is -2.36. The van der Waals surface area contributed by atoms with Crippen molar-refractivity contribution in [1.82, 2.24) is 15.0 Å². The summed E-state index contributed by atoms with van der Waals surface area (Å²) in [5, 5.41) is 0. The number of nitrogens with zero attached hydrogens (tertiary/aromatic N) is 3. The number of benzene rings is 5. The maximum Gasteiger partial charge on any atom is 0.132 e. The van der Waals surface area contributed by atoms with Crippen LogP contribution in [0.25, 0.3) is 33.5 Å². The van der Waals surface area contributed by atoms with Gasteiger partial charge in [-0.1, -0.05) is 84.9 Å². The summed E-state index contributed by atoms with van der Waals surface area (Å²) in [4.78, 5) is 13.4. The number of para-hydroxylation sites is 2. The summed E-state index contributed by atoms with van der Waals surface area (Å²) in [5.41, 5.74) is 13.8. The quantitative estimate of drug-likeness (QED) is 0.188. The van der Waals surface area contributed by atoms with Crippen molar-refractivity contribution in [1.29, 1.82) is 0 Å². The molecule has 5 heterocycles. The van der Waals surface area contributed by atoms with Crippen molar-refractivity contribution in [3.8, 4) is 56.5 Å². The van der Waals surface area contributed by atoms with Crippen LogP contribution in [-0.2, 0) is 5.41 Å². The van der Waals surface area contributed by atoms with Gasteiger partial charge in [0.25, 0.3) is 0 Å². The van der Waals surface area contributed by atoms with E-state index in [9.17, 15) is 0 Å². The third-order valence-electron chi connectivity index (χ3n) is 10.9. The zero-order chi connectivity index (χ0) is 34.2. The highest BCUT2D eigenvalue weighted by atomic mass is 16.5. The Morgan fingerprint density at radius 3 is 1.92 bits per heavy atom. The van der Waals surface area contributed by atoms with E-state index in [1.807, 2.05) is 49.1 Å². The highest BCUT2D eigenvalue weighted by molar-refractivity contribution is 5.82. The Morgan fingerprint density at radius 2 is 1.12 bits per heavy atom. The predicted molar refractivity (Wildman–Crippen MR) is 202 cm³/mol. The molecule has 8 aromatic rings. The normalized spacial score (nSPS) is 17.0. The first-order valence-corrected chi connectivity index (χ1v) is 17.5. The second-order valence-electron chi connectivity index (χ2n) is 13.6. The second-order valence-corrected chi connectivity index (χ2v) is 13.6. The molecule has 2 aliphatic heterocycles. The number of ether oxygens (including phenoxy) is 2. The molecule has 0 fully saturated rings. The first-order valence-electron chi connectivity index (χ1n) is 17.5. The third kappa shape index (κ3) is 4.08. The molecule has 1 aliphatic carbocycles. The summed E-state index contributed by atoms with van der Waals surface area (Å²) in [6.07, 6.45) is 9.36. The minimum atomic E-state index is -0.681. The smallest absolute Gasteiger partial charge is 0.132 e. The van der Waals surface area contributed by atoms with E-state index in [4.69, 9.17) is 9.47 Å². The van der Waals surface area contributed by atoms with Gasteiger partial charge in [0.05, 0.1) is 11.1 Å². The Kier molecular flexibility index (Phi) is 6.16. The van der Waals surface area contributed by atoms with Gasteiger partial charge >= 0.3 is 0 Å². The fraction of sp³-hybridized carbons (Fsp3) is 0.0426. The van der Waals surface area contributed by atoms with Crippen LogP contribution in [-0.4, -0.2) is 15.0 Å². The summed E-state index contributed by atoms with van der Waals surface area (Å²) < 4.78 is 13.7. The van der Waals surface area contributed by atoms with E-state index in [-0.39, 0.29) is 5.92 Å².